The number of anilines is 1. The van der Waals surface area contributed by atoms with Gasteiger partial charge in [0.1, 0.15) is 10.6 Å². The van der Waals surface area contributed by atoms with E-state index in [1.54, 1.807) is 0 Å². The number of aromatic nitrogens is 3. The lowest BCUT2D eigenvalue weighted by molar-refractivity contribution is -0.138. The van der Waals surface area contributed by atoms with E-state index >= 15 is 0 Å². The number of ether oxygens (including phenoxy) is 1. The number of pyridine rings is 3. The Morgan fingerprint density at radius 3 is 2.48 bits per heavy atom. The zero-order valence-corrected chi connectivity index (χ0v) is 18.3. The van der Waals surface area contributed by atoms with Crippen LogP contribution in [0.5, 0.6) is 11.6 Å². The maximum absolute atomic E-state index is 13.4. The smallest absolute Gasteiger partial charge is 0.418 e. The van der Waals surface area contributed by atoms with Crippen molar-refractivity contribution in [2.24, 2.45) is 0 Å². The van der Waals surface area contributed by atoms with E-state index in [1.165, 1.54) is 31.3 Å². The van der Waals surface area contributed by atoms with Crippen molar-refractivity contribution >= 4 is 21.3 Å². The van der Waals surface area contributed by atoms with Gasteiger partial charge in [-0.1, -0.05) is 0 Å². The van der Waals surface area contributed by atoms with Crippen molar-refractivity contribution in [2.75, 3.05) is 11.6 Å². The van der Waals surface area contributed by atoms with Gasteiger partial charge in [0.25, 0.3) is 5.91 Å². The summed E-state index contributed by atoms with van der Waals surface area (Å²) < 4.78 is 78.7. The van der Waals surface area contributed by atoms with Gasteiger partial charge in [-0.05, 0) is 43.7 Å². The van der Waals surface area contributed by atoms with Gasteiger partial charge in [-0.2, -0.15) is 17.6 Å². The van der Waals surface area contributed by atoms with E-state index < -0.39 is 50.3 Å². The molecule has 0 aliphatic heterocycles. The van der Waals surface area contributed by atoms with Gasteiger partial charge in [0, 0.05) is 24.3 Å². The Bertz CT molecular complexity index is 1340. The minimum Gasteiger partial charge on any atom is -0.436 e. The van der Waals surface area contributed by atoms with E-state index in [0.717, 1.165) is 19.2 Å². The third-order valence-corrected chi connectivity index (χ3v) is 5.46. The summed E-state index contributed by atoms with van der Waals surface area (Å²) in [7, 11) is -3.20. The van der Waals surface area contributed by atoms with E-state index in [4.69, 9.17) is 9.52 Å². The largest absolute Gasteiger partial charge is 0.436 e. The molecule has 0 saturated carbocycles. The second kappa shape index (κ2) is 8.73. The molecule has 3 heterocycles. The number of hydrogen-bond acceptors (Lipinski definition) is 7. The fraction of sp³-hybridized carbons (Fsp3) is 0.200. The Morgan fingerprint density at radius 2 is 1.88 bits per heavy atom. The molecule has 3 aromatic heterocycles. The number of aryl methyl sites for hydroxylation is 1. The molecule has 0 bridgehead atoms. The first-order valence-electron chi connectivity index (χ1n) is 9.16. The average Bonchev–Trinajstić information content (AvgIpc) is 2.68. The number of rotatable bonds is 5. The van der Waals surface area contributed by atoms with Crippen molar-refractivity contribution in [1.82, 2.24) is 15.0 Å². The standard InChI is InChI=1S/C20H17F4N5O3S/c1-10-13(20(22,23)24)9-27-19(32-14-4-5-15(21)28-11(14)2)17(10)18(30)29-12-6-7-26-16(8-12)33(3,25)31/h4-9,25H,1-3H3,(H,26,29,30)/t33-/m1/s1. The van der Waals surface area contributed by atoms with Crippen LogP contribution in [0.15, 0.2) is 41.7 Å². The minimum absolute atomic E-state index is 0.0109. The van der Waals surface area contributed by atoms with E-state index in [0.29, 0.717) is 6.20 Å². The third-order valence-electron chi connectivity index (χ3n) is 4.44. The Balaban J connectivity index is 2.08. The topological polar surface area (TPSA) is 118 Å². The summed E-state index contributed by atoms with van der Waals surface area (Å²) in [6.07, 6.45) is -1.93. The summed E-state index contributed by atoms with van der Waals surface area (Å²) in [6.45, 7) is 2.50. The van der Waals surface area contributed by atoms with Gasteiger partial charge in [0.2, 0.25) is 11.8 Å². The van der Waals surface area contributed by atoms with Gasteiger partial charge >= 0.3 is 6.18 Å². The van der Waals surface area contributed by atoms with Crippen LogP contribution in [0.1, 0.15) is 27.2 Å². The van der Waals surface area contributed by atoms with Crippen LogP contribution in [0.4, 0.5) is 23.2 Å². The number of hydrogen-bond donors (Lipinski definition) is 2. The van der Waals surface area contributed by atoms with Crippen molar-refractivity contribution in [3.63, 3.8) is 0 Å². The highest BCUT2D eigenvalue weighted by molar-refractivity contribution is 7.91. The van der Waals surface area contributed by atoms with E-state index in [-0.39, 0.29) is 22.2 Å². The number of alkyl halides is 3. The van der Waals surface area contributed by atoms with Crippen LogP contribution >= 0.6 is 0 Å². The summed E-state index contributed by atoms with van der Waals surface area (Å²) in [5.41, 5.74) is -1.98. The molecule has 0 aromatic carbocycles. The molecule has 3 aromatic rings. The highest BCUT2D eigenvalue weighted by Crippen LogP contribution is 2.36. The summed E-state index contributed by atoms with van der Waals surface area (Å²) in [5, 5.41) is 2.27. The predicted molar refractivity (Wildman–Crippen MR) is 110 cm³/mol. The average molecular weight is 483 g/mol. The van der Waals surface area contributed by atoms with Crippen molar-refractivity contribution in [2.45, 2.75) is 25.0 Å². The van der Waals surface area contributed by atoms with E-state index in [1.807, 2.05) is 0 Å². The van der Waals surface area contributed by atoms with Crippen LogP contribution in [-0.2, 0) is 15.9 Å². The van der Waals surface area contributed by atoms with Crippen molar-refractivity contribution in [3.8, 4) is 11.6 Å². The molecule has 2 N–H and O–H groups in total. The minimum atomic E-state index is -4.79. The fourth-order valence-electron chi connectivity index (χ4n) is 2.83. The van der Waals surface area contributed by atoms with Crippen molar-refractivity contribution in [1.29, 1.82) is 4.78 Å². The highest BCUT2D eigenvalue weighted by Gasteiger charge is 2.36. The summed E-state index contributed by atoms with van der Waals surface area (Å²) in [5.74, 6) is -2.25. The fourth-order valence-corrected chi connectivity index (χ4v) is 3.45. The molecule has 0 aliphatic carbocycles. The summed E-state index contributed by atoms with van der Waals surface area (Å²) >= 11 is 0. The number of carbonyl (C=O) groups excluding carboxylic acids is 1. The Labute approximate surface area is 186 Å². The highest BCUT2D eigenvalue weighted by atomic mass is 32.2. The van der Waals surface area contributed by atoms with Gasteiger partial charge in [-0.3, -0.25) is 4.79 Å². The molecule has 1 amide bonds. The van der Waals surface area contributed by atoms with E-state index in [2.05, 4.69) is 20.3 Å². The van der Waals surface area contributed by atoms with Crippen LogP contribution in [0.2, 0.25) is 0 Å². The number of nitrogens with one attached hydrogen (secondary N) is 2. The second-order valence-electron chi connectivity index (χ2n) is 6.97. The van der Waals surface area contributed by atoms with Gasteiger partial charge in [0.05, 0.1) is 21.0 Å². The molecular formula is C20H17F4N5O3S. The van der Waals surface area contributed by atoms with Gasteiger partial charge < -0.3 is 10.1 Å². The van der Waals surface area contributed by atoms with Gasteiger partial charge in [-0.25, -0.2) is 23.9 Å². The Kier molecular flexibility index (Phi) is 6.36. The predicted octanol–water partition coefficient (Wildman–Crippen LogP) is 4.73. The lowest BCUT2D eigenvalue weighted by Gasteiger charge is -2.17. The number of halogens is 4. The zero-order chi connectivity index (χ0) is 24.6. The Hall–Kier alpha value is -3.61. The molecule has 0 fully saturated rings. The van der Waals surface area contributed by atoms with Crippen molar-refractivity contribution < 1.29 is 31.3 Å². The second-order valence-corrected chi connectivity index (χ2v) is 9.08. The van der Waals surface area contributed by atoms with Gasteiger partial charge in [-0.15, -0.1) is 0 Å². The third kappa shape index (κ3) is 5.42. The quantitative estimate of drug-likeness (QED) is 0.400. The number of amides is 1. The van der Waals surface area contributed by atoms with Gasteiger partial charge in [0.15, 0.2) is 5.75 Å². The molecule has 0 spiro atoms. The summed E-state index contributed by atoms with van der Waals surface area (Å²) in [4.78, 5) is 24.1. The SMILES string of the molecule is Cc1nc(F)ccc1Oc1ncc(C(F)(F)F)c(C)c1C(=O)Nc1ccnc([S@](C)(=N)=O)c1. The molecule has 174 valence electrons. The van der Waals surface area contributed by atoms with Crippen LogP contribution in [0.25, 0.3) is 0 Å². The van der Waals surface area contributed by atoms with Crippen LogP contribution < -0.4 is 10.1 Å². The van der Waals surface area contributed by atoms with Crippen molar-refractivity contribution in [3.05, 3.63) is 65.0 Å². The van der Waals surface area contributed by atoms with E-state index in [9.17, 15) is 26.6 Å². The molecular weight excluding hydrogens is 466 g/mol. The maximum Gasteiger partial charge on any atom is 0.418 e. The maximum atomic E-state index is 13.4. The summed E-state index contributed by atoms with van der Waals surface area (Å²) in [6, 6.07) is 4.69. The number of carbonyl (C=O) groups is 1. The first-order chi connectivity index (χ1) is 15.3. The molecule has 13 heteroatoms. The zero-order valence-electron chi connectivity index (χ0n) is 17.5. The lowest BCUT2D eigenvalue weighted by Crippen LogP contribution is -2.19. The van der Waals surface area contributed by atoms with Crippen LogP contribution in [0.3, 0.4) is 0 Å². The monoisotopic (exact) mass is 483 g/mol. The first kappa shape index (κ1) is 24.0. The molecule has 0 aliphatic rings. The van der Waals surface area contributed by atoms with Crippen LogP contribution in [0, 0.1) is 24.6 Å². The Morgan fingerprint density at radius 1 is 1.18 bits per heavy atom. The molecule has 1 atom stereocenters. The molecule has 0 radical (unpaired) electrons. The molecule has 0 unspecified atom stereocenters. The molecule has 8 nitrogen and oxygen atoms in total. The van der Waals surface area contributed by atoms with Crippen LogP contribution in [-0.4, -0.2) is 31.3 Å². The number of nitrogens with zero attached hydrogens (tertiary/aromatic N) is 3. The molecule has 3 rings (SSSR count). The lowest BCUT2D eigenvalue weighted by atomic mass is 10.0. The molecule has 33 heavy (non-hydrogen) atoms. The first-order valence-corrected chi connectivity index (χ1v) is 11.1. The normalized spacial score (nSPS) is 13.3. The molecule has 0 saturated heterocycles.